The molecule has 1 aromatic carbocycles. The molecule has 0 saturated carbocycles. The molecule has 21 heavy (non-hydrogen) atoms. The van der Waals surface area contributed by atoms with Gasteiger partial charge in [-0.25, -0.2) is 0 Å². The second kappa shape index (κ2) is 7.36. The molecule has 0 bridgehead atoms. The van der Waals surface area contributed by atoms with Crippen LogP contribution in [0.15, 0.2) is 24.3 Å². The maximum absolute atomic E-state index is 12.1. The largest absolute Gasteiger partial charge is 0.389 e. The normalized spacial score (nSPS) is 11.3. The quantitative estimate of drug-likeness (QED) is 0.786. The minimum Gasteiger partial charge on any atom is -0.389 e. The van der Waals surface area contributed by atoms with Crippen molar-refractivity contribution in [1.29, 1.82) is 0 Å². The molecule has 0 radical (unpaired) electrons. The minimum absolute atomic E-state index is 0.0253. The van der Waals surface area contributed by atoms with E-state index in [2.05, 4.69) is 0 Å². The summed E-state index contributed by atoms with van der Waals surface area (Å²) in [5.74, 6) is -0.122. The van der Waals surface area contributed by atoms with E-state index in [1.54, 1.807) is 30.9 Å². The standard InChI is InChI=1S/C17H25NO3/c1-5-18(12-17(3,4)21)16(20)11-10-15(19)14-8-6-13(2)7-9-14/h6-9,21H,5,10-12H2,1-4H3. The van der Waals surface area contributed by atoms with Gasteiger partial charge in [0.15, 0.2) is 5.78 Å². The van der Waals surface area contributed by atoms with Gasteiger partial charge in [-0.3, -0.25) is 9.59 Å². The summed E-state index contributed by atoms with van der Waals surface area (Å²) in [6.07, 6.45) is 0.376. The highest BCUT2D eigenvalue weighted by molar-refractivity contribution is 5.97. The Balaban J connectivity index is 2.55. The average molecular weight is 291 g/mol. The maximum Gasteiger partial charge on any atom is 0.223 e. The molecule has 1 rings (SSSR count). The molecule has 0 spiro atoms. The molecule has 4 heteroatoms. The van der Waals surface area contributed by atoms with E-state index < -0.39 is 5.60 Å². The van der Waals surface area contributed by atoms with Crippen molar-refractivity contribution in [2.75, 3.05) is 13.1 Å². The molecule has 0 aliphatic rings. The van der Waals surface area contributed by atoms with E-state index in [4.69, 9.17) is 0 Å². The SMILES string of the molecule is CCN(CC(C)(C)O)C(=O)CCC(=O)c1ccc(C)cc1. The van der Waals surface area contributed by atoms with Gasteiger partial charge in [0.1, 0.15) is 0 Å². The molecule has 4 nitrogen and oxygen atoms in total. The van der Waals surface area contributed by atoms with Gasteiger partial charge < -0.3 is 10.0 Å². The smallest absolute Gasteiger partial charge is 0.223 e. The number of ketones is 1. The Labute approximate surface area is 126 Å². The Hall–Kier alpha value is -1.68. The second-order valence-corrected chi connectivity index (χ2v) is 6.01. The first-order chi connectivity index (χ1) is 9.73. The fourth-order valence-electron chi connectivity index (χ4n) is 2.11. The Morgan fingerprint density at radius 1 is 1.14 bits per heavy atom. The fraction of sp³-hybridized carbons (Fsp3) is 0.529. The molecule has 116 valence electrons. The lowest BCUT2D eigenvalue weighted by Gasteiger charge is -2.28. The number of carbonyl (C=O) groups is 2. The summed E-state index contributed by atoms with van der Waals surface area (Å²) in [6, 6.07) is 7.36. The van der Waals surface area contributed by atoms with Crippen LogP contribution in [0.3, 0.4) is 0 Å². The van der Waals surface area contributed by atoms with Crippen molar-refractivity contribution < 1.29 is 14.7 Å². The molecule has 0 aromatic heterocycles. The summed E-state index contributed by atoms with van der Waals surface area (Å²) < 4.78 is 0. The van der Waals surface area contributed by atoms with Crippen molar-refractivity contribution in [3.8, 4) is 0 Å². The van der Waals surface area contributed by atoms with Crippen molar-refractivity contribution in [3.63, 3.8) is 0 Å². The van der Waals surface area contributed by atoms with Crippen LogP contribution in [0.1, 0.15) is 49.5 Å². The molecule has 0 heterocycles. The van der Waals surface area contributed by atoms with Crippen LogP contribution in [0.4, 0.5) is 0 Å². The number of hydrogen-bond acceptors (Lipinski definition) is 3. The predicted octanol–water partition coefficient (Wildman–Crippen LogP) is 2.58. The van der Waals surface area contributed by atoms with Gasteiger partial charge in [0.25, 0.3) is 0 Å². The lowest BCUT2D eigenvalue weighted by Crippen LogP contribution is -2.42. The van der Waals surface area contributed by atoms with Gasteiger partial charge in [0.2, 0.25) is 5.91 Å². The van der Waals surface area contributed by atoms with Crippen LogP contribution >= 0.6 is 0 Å². The summed E-state index contributed by atoms with van der Waals surface area (Å²) in [6.45, 7) is 7.97. The molecule has 1 aromatic rings. The Morgan fingerprint density at radius 3 is 2.19 bits per heavy atom. The lowest BCUT2D eigenvalue weighted by atomic mass is 10.0. The molecule has 1 amide bonds. The first-order valence-corrected chi connectivity index (χ1v) is 7.33. The van der Waals surface area contributed by atoms with E-state index in [0.29, 0.717) is 12.1 Å². The van der Waals surface area contributed by atoms with Crippen LogP contribution in [-0.4, -0.2) is 40.4 Å². The van der Waals surface area contributed by atoms with E-state index in [9.17, 15) is 14.7 Å². The monoisotopic (exact) mass is 291 g/mol. The van der Waals surface area contributed by atoms with Crippen LogP contribution in [0.5, 0.6) is 0 Å². The zero-order valence-corrected chi connectivity index (χ0v) is 13.3. The van der Waals surface area contributed by atoms with Gasteiger partial charge in [-0.1, -0.05) is 29.8 Å². The third kappa shape index (κ3) is 6.08. The second-order valence-electron chi connectivity index (χ2n) is 6.01. The fourth-order valence-corrected chi connectivity index (χ4v) is 2.11. The van der Waals surface area contributed by atoms with Crippen molar-refractivity contribution in [1.82, 2.24) is 4.90 Å². The highest BCUT2D eigenvalue weighted by Crippen LogP contribution is 2.11. The molecular weight excluding hydrogens is 266 g/mol. The topological polar surface area (TPSA) is 57.6 Å². The average Bonchev–Trinajstić information content (AvgIpc) is 2.41. The highest BCUT2D eigenvalue weighted by atomic mass is 16.3. The van der Waals surface area contributed by atoms with E-state index >= 15 is 0 Å². The molecule has 1 N–H and O–H groups in total. The number of aliphatic hydroxyl groups is 1. The van der Waals surface area contributed by atoms with E-state index in [1.165, 1.54) is 0 Å². The third-order valence-corrected chi connectivity index (χ3v) is 3.25. The summed E-state index contributed by atoms with van der Waals surface area (Å²) in [5, 5.41) is 9.79. The third-order valence-electron chi connectivity index (χ3n) is 3.25. The van der Waals surface area contributed by atoms with Crippen molar-refractivity contribution >= 4 is 11.7 Å². The van der Waals surface area contributed by atoms with Crippen LogP contribution in [-0.2, 0) is 4.79 Å². The minimum atomic E-state index is -0.924. The van der Waals surface area contributed by atoms with Crippen molar-refractivity contribution in [3.05, 3.63) is 35.4 Å². The van der Waals surface area contributed by atoms with Crippen molar-refractivity contribution in [2.24, 2.45) is 0 Å². The Morgan fingerprint density at radius 2 is 1.71 bits per heavy atom. The summed E-state index contributed by atoms with van der Waals surface area (Å²) in [4.78, 5) is 25.7. The maximum atomic E-state index is 12.1. The van der Waals surface area contributed by atoms with Gasteiger partial charge in [-0.15, -0.1) is 0 Å². The van der Waals surface area contributed by atoms with Gasteiger partial charge in [0, 0.05) is 31.5 Å². The van der Waals surface area contributed by atoms with Crippen molar-refractivity contribution in [2.45, 2.75) is 46.1 Å². The van der Waals surface area contributed by atoms with E-state index in [0.717, 1.165) is 5.56 Å². The molecular formula is C17H25NO3. The van der Waals surface area contributed by atoms with Crippen LogP contribution in [0, 0.1) is 6.92 Å². The van der Waals surface area contributed by atoms with Crippen LogP contribution < -0.4 is 0 Å². The molecule has 0 aliphatic heterocycles. The number of benzene rings is 1. The van der Waals surface area contributed by atoms with Crippen LogP contribution in [0.25, 0.3) is 0 Å². The van der Waals surface area contributed by atoms with Gasteiger partial charge >= 0.3 is 0 Å². The highest BCUT2D eigenvalue weighted by Gasteiger charge is 2.21. The number of Topliss-reactive ketones (excluding diaryl/α,β-unsaturated/α-hetero) is 1. The van der Waals surface area contributed by atoms with Gasteiger partial charge in [-0.05, 0) is 27.7 Å². The molecule has 0 atom stereocenters. The number of aryl methyl sites for hydroxylation is 1. The number of likely N-dealkylation sites (N-methyl/N-ethyl adjacent to an activating group) is 1. The number of nitrogens with zero attached hydrogens (tertiary/aromatic N) is 1. The number of carbonyl (C=O) groups excluding carboxylic acids is 2. The molecule has 0 fully saturated rings. The number of rotatable bonds is 7. The van der Waals surface area contributed by atoms with E-state index in [-0.39, 0.29) is 31.1 Å². The van der Waals surface area contributed by atoms with Gasteiger partial charge in [0.05, 0.1) is 5.60 Å². The first kappa shape index (κ1) is 17.4. The zero-order chi connectivity index (χ0) is 16.0. The Bertz CT molecular complexity index is 486. The molecule has 0 unspecified atom stereocenters. The number of amides is 1. The van der Waals surface area contributed by atoms with Gasteiger partial charge in [-0.2, -0.15) is 0 Å². The molecule has 0 saturated heterocycles. The zero-order valence-electron chi connectivity index (χ0n) is 13.3. The first-order valence-electron chi connectivity index (χ1n) is 7.33. The summed E-state index contributed by atoms with van der Waals surface area (Å²) in [5.41, 5.74) is 0.816. The van der Waals surface area contributed by atoms with Crippen LogP contribution in [0.2, 0.25) is 0 Å². The Kier molecular flexibility index (Phi) is 6.09. The number of hydrogen-bond donors (Lipinski definition) is 1. The predicted molar refractivity (Wildman–Crippen MR) is 83.3 cm³/mol. The molecule has 0 aliphatic carbocycles. The summed E-state index contributed by atoms with van der Waals surface area (Å²) >= 11 is 0. The summed E-state index contributed by atoms with van der Waals surface area (Å²) in [7, 11) is 0. The lowest BCUT2D eigenvalue weighted by molar-refractivity contribution is -0.133. The van der Waals surface area contributed by atoms with E-state index in [1.807, 2.05) is 26.0 Å².